The summed E-state index contributed by atoms with van der Waals surface area (Å²) in [4.78, 5) is 13.8. The van der Waals surface area contributed by atoms with Crippen LogP contribution in [0.5, 0.6) is 5.75 Å². The number of aryl methyl sites for hydroxylation is 1. The Morgan fingerprint density at radius 2 is 2.14 bits per heavy atom. The Balaban J connectivity index is 2.10. The van der Waals surface area contributed by atoms with E-state index >= 15 is 0 Å². The maximum atomic E-state index is 12.1. The van der Waals surface area contributed by atoms with Crippen LogP contribution >= 0.6 is 0 Å². The van der Waals surface area contributed by atoms with Gasteiger partial charge in [-0.15, -0.1) is 0 Å². The lowest BCUT2D eigenvalue weighted by Crippen LogP contribution is -2.44. The summed E-state index contributed by atoms with van der Waals surface area (Å²) >= 11 is 0. The lowest BCUT2D eigenvalue weighted by molar-refractivity contribution is -0.0435. The molecule has 116 valence electrons. The third-order valence-corrected chi connectivity index (χ3v) is 3.33. The van der Waals surface area contributed by atoms with E-state index in [-0.39, 0.29) is 17.9 Å². The minimum absolute atomic E-state index is 0.202. The molecule has 0 spiro atoms. The van der Waals surface area contributed by atoms with Gasteiger partial charge in [0.2, 0.25) is 0 Å². The molecule has 1 fully saturated rings. The summed E-state index contributed by atoms with van der Waals surface area (Å²) in [5.41, 5.74) is 1.43. The van der Waals surface area contributed by atoms with Crippen LogP contribution in [0.3, 0.4) is 0 Å². The van der Waals surface area contributed by atoms with Gasteiger partial charge in [0.25, 0.3) is 0 Å². The zero-order valence-electron chi connectivity index (χ0n) is 13.0. The Hall–Kier alpha value is -1.75. The molecule has 5 nitrogen and oxygen atoms in total. The van der Waals surface area contributed by atoms with Gasteiger partial charge in [0, 0.05) is 6.54 Å². The van der Waals surface area contributed by atoms with Crippen molar-refractivity contribution < 1.29 is 19.4 Å². The number of amides is 1. The molecule has 1 aromatic rings. The molecule has 0 unspecified atom stereocenters. The summed E-state index contributed by atoms with van der Waals surface area (Å²) in [6, 6.07) is 5.19. The Morgan fingerprint density at radius 3 is 2.81 bits per heavy atom. The maximum Gasteiger partial charge on any atom is 0.410 e. The molecule has 0 aliphatic carbocycles. The number of morpholine rings is 1. The molecule has 1 aromatic carbocycles. The van der Waals surface area contributed by atoms with Crippen LogP contribution in [-0.2, 0) is 9.47 Å². The van der Waals surface area contributed by atoms with Crippen LogP contribution in [0.1, 0.15) is 38.0 Å². The van der Waals surface area contributed by atoms with Gasteiger partial charge >= 0.3 is 6.09 Å². The molecule has 0 bridgehead atoms. The third kappa shape index (κ3) is 4.11. The second-order valence-electron chi connectivity index (χ2n) is 6.33. The largest absolute Gasteiger partial charge is 0.508 e. The van der Waals surface area contributed by atoms with Crippen molar-refractivity contribution in [3.05, 3.63) is 29.3 Å². The van der Waals surface area contributed by atoms with Crippen molar-refractivity contribution >= 4 is 6.09 Å². The monoisotopic (exact) mass is 293 g/mol. The number of hydrogen-bond donors (Lipinski definition) is 1. The Bertz CT molecular complexity index is 521. The van der Waals surface area contributed by atoms with E-state index in [2.05, 4.69) is 0 Å². The Morgan fingerprint density at radius 1 is 1.43 bits per heavy atom. The minimum Gasteiger partial charge on any atom is -0.508 e. The molecular formula is C16H23NO4. The smallest absolute Gasteiger partial charge is 0.410 e. The van der Waals surface area contributed by atoms with Gasteiger partial charge in [-0.25, -0.2) is 4.79 Å². The molecule has 1 aliphatic rings. The van der Waals surface area contributed by atoms with Crippen molar-refractivity contribution in [3.63, 3.8) is 0 Å². The Labute approximate surface area is 125 Å². The number of hydrogen-bond acceptors (Lipinski definition) is 4. The van der Waals surface area contributed by atoms with Gasteiger partial charge in [0.15, 0.2) is 0 Å². The molecule has 1 amide bonds. The highest BCUT2D eigenvalue weighted by atomic mass is 16.6. The molecule has 1 saturated heterocycles. The first-order chi connectivity index (χ1) is 9.76. The lowest BCUT2D eigenvalue weighted by atomic mass is 10.0. The topological polar surface area (TPSA) is 59.0 Å². The van der Waals surface area contributed by atoms with E-state index < -0.39 is 5.60 Å². The van der Waals surface area contributed by atoms with Gasteiger partial charge in [-0.05, 0) is 51.0 Å². The van der Waals surface area contributed by atoms with E-state index in [1.54, 1.807) is 17.0 Å². The normalized spacial score (nSPS) is 19.4. The number of rotatable bonds is 1. The number of phenolic OH excluding ortho intramolecular Hbond substituents is 1. The van der Waals surface area contributed by atoms with Crippen molar-refractivity contribution in [2.45, 2.75) is 39.4 Å². The summed E-state index contributed by atoms with van der Waals surface area (Å²) < 4.78 is 11.1. The summed E-state index contributed by atoms with van der Waals surface area (Å²) in [5, 5.41) is 9.64. The fourth-order valence-corrected chi connectivity index (χ4v) is 2.30. The van der Waals surface area contributed by atoms with Crippen LogP contribution in [0.15, 0.2) is 18.2 Å². The summed E-state index contributed by atoms with van der Waals surface area (Å²) in [6.07, 6.45) is -0.563. The van der Waals surface area contributed by atoms with Crippen LogP contribution in [0.4, 0.5) is 4.79 Å². The van der Waals surface area contributed by atoms with Gasteiger partial charge in [0.05, 0.1) is 13.2 Å². The predicted octanol–water partition coefficient (Wildman–Crippen LogP) is 3.01. The SMILES string of the molecule is Cc1ccc(O)cc1[C@H]1CN(C(=O)OC(C)(C)C)CCO1. The number of benzene rings is 1. The zero-order chi connectivity index (χ0) is 15.6. The van der Waals surface area contributed by atoms with E-state index in [0.717, 1.165) is 11.1 Å². The van der Waals surface area contributed by atoms with Crippen LogP contribution in [0.2, 0.25) is 0 Å². The highest BCUT2D eigenvalue weighted by Gasteiger charge is 2.29. The average Bonchev–Trinajstić information content (AvgIpc) is 2.40. The fourth-order valence-electron chi connectivity index (χ4n) is 2.30. The molecular weight excluding hydrogens is 270 g/mol. The molecule has 0 aromatic heterocycles. The second kappa shape index (κ2) is 5.93. The van der Waals surface area contributed by atoms with Crippen molar-refractivity contribution in [2.24, 2.45) is 0 Å². The Kier molecular flexibility index (Phi) is 4.42. The predicted molar refractivity (Wildman–Crippen MR) is 79.3 cm³/mol. The van der Waals surface area contributed by atoms with Crippen LogP contribution in [0.25, 0.3) is 0 Å². The number of nitrogens with zero attached hydrogens (tertiary/aromatic N) is 1. The van der Waals surface area contributed by atoms with Gasteiger partial charge in [0.1, 0.15) is 17.5 Å². The summed E-state index contributed by atoms with van der Waals surface area (Å²) in [6.45, 7) is 8.92. The quantitative estimate of drug-likeness (QED) is 0.864. The summed E-state index contributed by atoms with van der Waals surface area (Å²) in [5.74, 6) is 0.202. The van der Waals surface area contributed by atoms with Crippen LogP contribution in [0, 0.1) is 6.92 Å². The van der Waals surface area contributed by atoms with Crippen molar-refractivity contribution in [1.82, 2.24) is 4.90 Å². The lowest BCUT2D eigenvalue weighted by Gasteiger charge is -2.34. The highest BCUT2D eigenvalue weighted by molar-refractivity contribution is 5.68. The maximum absolute atomic E-state index is 12.1. The molecule has 0 radical (unpaired) electrons. The van der Waals surface area contributed by atoms with Gasteiger partial charge in [-0.1, -0.05) is 6.07 Å². The van der Waals surface area contributed by atoms with E-state index in [1.807, 2.05) is 33.8 Å². The second-order valence-corrected chi connectivity index (χ2v) is 6.33. The standard InChI is InChI=1S/C16H23NO4/c1-11-5-6-12(18)9-13(11)14-10-17(7-8-20-14)15(19)21-16(2,3)4/h5-6,9,14,18H,7-8,10H2,1-4H3/t14-/m1/s1. The number of aromatic hydroxyl groups is 1. The molecule has 2 rings (SSSR count). The third-order valence-electron chi connectivity index (χ3n) is 3.33. The number of phenols is 1. The van der Waals surface area contributed by atoms with Gasteiger partial charge < -0.3 is 19.5 Å². The highest BCUT2D eigenvalue weighted by Crippen LogP contribution is 2.28. The van der Waals surface area contributed by atoms with E-state index in [0.29, 0.717) is 19.7 Å². The van der Waals surface area contributed by atoms with E-state index in [1.165, 1.54) is 0 Å². The molecule has 1 atom stereocenters. The minimum atomic E-state index is -0.508. The van der Waals surface area contributed by atoms with Crippen molar-refractivity contribution in [3.8, 4) is 5.75 Å². The summed E-state index contributed by atoms with van der Waals surface area (Å²) in [7, 11) is 0. The average molecular weight is 293 g/mol. The van der Waals surface area contributed by atoms with Crippen LogP contribution < -0.4 is 0 Å². The molecule has 1 N–H and O–H groups in total. The molecule has 1 aliphatic heterocycles. The van der Waals surface area contributed by atoms with E-state index in [9.17, 15) is 9.90 Å². The first-order valence-corrected chi connectivity index (χ1v) is 7.15. The number of carbonyl (C=O) groups excluding carboxylic acids is 1. The first kappa shape index (κ1) is 15.6. The van der Waals surface area contributed by atoms with Crippen molar-refractivity contribution in [2.75, 3.05) is 19.7 Å². The molecule has 0 saturated carbocycles. The first-order valence-electron chi connectivity index (χ1n) is 7.15. The molecule has 5 heteroatoms. The van der Waals surface area contributed by atoms with Crippen LogP contribution in [-0.4, -0.2) is 41.4 Å². The van der Waals surface area contributed by atoms with Gasteiger partial charge in [-0.3, -0.25) is 0 Å². The number of carbonyl (C=O) groups is 1. The fraction of sp³-hybridized carbons (Fsp3) is 0.562. The molecule has 1 heterocycles. The van der Waals surface area contributed by atoms with Crippen molar-refractivity contribution in [1.29, 1.82) is 0 Å². The number of ether oxygens (including phenoxy) is 2. The zero-order valence-corrected chi connectivity index (χ0v) is 13.0. The van der Waals surface area contributed by atoms with E-state index in [4.69, 9.17) is 9.47 Å². The van der Waals surface area contributed by atoms with Gasteiger partial charge in [-0.2, -0.15) is 0 Å². The molecule has 21 heavy (non-hydrogen) atoms.